The molecule has 0 aliphatic heterocycles. The summed E-state index contributed by atoms with van der Waals surface area (Å²) in [5, 5.41) is 6.89. The van der Waals surface area contributed by atoms with Crippen LogP contribution in [-0.4, -0.2) is 0 Å². The second kappa shape index (κ2) is 12.6. The Labute approximate surface area is 317 Å². The lowest BCUT2D eigenvalue weighted by Gasteiger charge is -2.28. The van der Waals surface area contributed by atoms with Gasteiger partial charge in [-0.3, -0.25) is 0 Å². The summed E-state index contributed by atoms with van der Waals surface area (Å²) in [4.78, 5) is 2.34. The number of hydrogen-bond donors (Lipinski definition) is 0. The van der Waals surface area contributed by atoms with E-state index < -0.39 is 0 Å². The number of nitrogens with zero attached hydrogens (tertiary/aromatic N) is 1. The first-order valence-electron chi connectivity index (χ1n) is 18.7. The number of anilines is 3. The lowest BCUT2D eigenvalue weighted by Crippen LogP contribution is -2.11. The number of benzene rings is 9. The molecule has 3 heteroatoms. The summed E-state index contributed by atoms with van der Waals surface area (Å²) in [7, 11) is 0. The maximum absolute atomic E-state index is 6.69. The van der Waals surface area contributed by atoms with Crippen molar-refractivity contribution < 1.29 is 8.83 Å². The van der Waals surface area contributed by atoms with E-state index in [4.69, 9.17) is 8.83 Å². The Morgan fingerprint density at radius 1 is 0.327 bits per heavy atom. The van der Waals surface area contributed by atoms with E-state index in [9.17, 15) is 0 Å². The smallest absolute Gasteiger partial charge is 0.159 e. The molecule has 3 nitrogen and oxygen atoms in total. The van der Waals surface area contributed by atoms with E-state index in [1.54, 1.807) is 0 Å². The van der Waals surface area contributed by atoms with Gasteiger partial charge in [0.05, 0.1) is 11.4 Å². The lowest BCUT2D eigenvalue weighted by molar-refractivity contribution is 0.668. The van der Waals surface area contributed by atoms with Gasteiger partial charge in [-0.05, 0) is 87.1 Å². The van der Waals surface area contributed by atoms with Gasteiger partial charge in [0.1, 0.15) is 16.7 Å². The molecule has 55 heavy (non-hydrogen) atoms. The Bertz CT molecular complexity index is 3220. The van der Waals surface area contributed by atoms with Crippen LogP contribution in [0.5, 0.6) is 0 Å². The Balaban J connectivity index is 1.09. The molecule has 0 radical (unpaired) electrons. The summed E-state index contributed by atoms with van der Waals surface area (Å²) >= 11 is 0. The Hall–Kier alpha value is -7.36. The van der Waals surface area contributed by atoms with E-state index in [0.717, 1.165) is 77.6 Å². The van der Waals surface area contributed by atoms with Gasteiger partial charge in [0.2, 0.25) is 0 Å². The van der Waals surface area contributed by atoms with Gasteiger partial charge in [0.15, 0.2) is 5.58 Å². The quantitative estimate of drug-likeness (QED) is 0.173. The fraction of sp³-hybridized carbons (Fsp3) is 0. The molecule has 11 rings (SSSR count). The zero-order valence-electron chi connectivity index (χ0n) is 29.8. The van der Waals surface area contributed by atoms with E-state index in [2.05, 4.69) is 181 Å². The first-order chi connectivity index (χ1) is 27.3. The van der Waals surface area contributed by atoms with Gasteiger partial charge < -0.3 is 13.7 Å². The summed E-state index contributed by atoms with van der Waals surface area (Å²) in [6.45, 7) is 0. The molecule has 0 aliphatic rings. The summed E-state index contributed by atoms with van der Waals surface area (Å²) in [5.41, 5.74) is 13.5. The van der Waals surface area contributed by atoms with Gasteiger partial charge in [-0.25, -0.2) is 0 Å². The van der Waals surface area contributed by atoms with Crippen LogP contribution in [0.2, 0.25) is 0 Å². The number of furan rings is 2. The van der Waals surface area contributed by atoms with Crippen LogP contribution in [0.25, 0.3) is 88.0 Å². The summed E-state index contributed by atoms with van der Waals surface area (Å²) in [6.07, 6.45) is 0. The molecule has 0 N–H and O–H groups in total. The molecule has 2 aromatic heterocycles. The van der Waals surface area contributed by atoms with Crippen molar-refractivity contribution in [3.8, 4) is 33.4 Å². The highest BCUT2D eigenvalue weighted by Crippen LogP contribution is 2.47. The highest BCUT2D eigenvalue weighted by atomic mass is 16.3. The molecular formula is C52H33NO2. The molecule has 9 aromatic carbocycles. The molecule has 0 bridgehead atoms. The van der Waals surface area contributed by atoms with Crippen molar-refractivity contribution >= 4 is 71.7 Å². The van der Waals surface area contributed by atoms with Crippen molar-refractivity contribution in [2.45, 2.75) is 0 Å². The lowest BCUT2D eigenvalue weighted by atomic mass is 9.95. The van der Waals surface area contributed by atoms with Crippen LogP contribution in [0.4, 0.5) is 17.1 Å². The third kappa shape index (κ3) is 5.13. The second-order valence-corrected chi connectivity index (χ2v) is 14.0. The summed E-state index contributed by atoms with van der Waals surface area (Å²) < 4.78 is 13.1. The van der Waals surface area contributed by atoms with Crippen LogP contribution in [0, 0.1) is 0 Å². The van der Waals surface area contributed by atoms with Crippen LogP contribution in [0.15, 0.2) is 209 Å². The van der Waals surface area contributed by atoms with Crippen molar-refractivity contribution in [1.82, 2.24) is 0 Å². The SMILES string of the molecule is c1cc(-c2ccc(N(c3ccccc3-c3cccc4oc5ccccc5c34)c3cccc4c3oc3ccccc34)cc2)cc(-c2cccc3ccccc23)c1. The normalized spacial score (nSPS) is 11.6. The fourth-order valence-electron chi connectivity index (χ4n) is 8.36. The molecular weight excluding hydrogens is 671 g/mol. The Kier molecular flexibility index (Phi) is 7.17. The van der Waals surface area contributed by atoms with Crippen LogP contribution < -0.4 is 4.90 Å². The first kappa shape index (κ1) is 31.2. The van der Waals surface area contributed by atoms with Gasteiger partial charge in [0, 0.05) is 32.8 Å². The molecule has 0 spiro atoms. The molecule has 2 heterocycles. The molecule has 11 aromatic rings. The van der Waals surface area contributed by atoms with E-state index in [1.807, 2.05) is 24.3 Å². The van der Waals surface area contributed by atoms with E-state index >= 15 is 0 Å². The van der Waals surface area contributed by atoms with Gasteiger partial charge in [-0.1, -0.05) is 152 Å². The molecule has 0 fully saturated rings. The minimum Gasteiger partial charge on any atom is -0.456 e. The van der Waals surface area contributed by atoms with Crippen LogP contribution in [0.1, 0.15) is 0 Å². The van der Waals surface area contributed by atoms with Crippen molar-refractivity contribution in [3.63, 3.8) is 0 Å². The highest BCUT2D eigenvalue weighted by Gasteiger charge is 2.23. The van der Waals surface area contributed by atoms with E-state index in [-0.39, 0.29) is 0 Å². The molecule has 0 atom stereocenters. The highest BCUT2D eigenvalue weighted by molar-refractivity contribution is 6.15. The molecule has 258 valence electrons. The van der Waals surface area contributed by atoms with Gasteiger partial charge >= 0.3 is 0 Å². The van der Waals surface area contributed by atoms with Crippen molar-refractivity contribution in [2.75, 3.05) is 4.90 Å². The molecule has 0 unspecified atom stereocenters. The van der Waals surface area contributed by atoms with Crippen LogP contribution in [-0.2, 0) is 0 Å². The topological polar surface area (TPSA) is 29.5 Å². The summed E-state index contributed by atoms with van der Waals surface area (Å²) in [5.74, 6) is 0. The monoisotopic (exact) mass is 703 g/mol. The second-order valence-electron chi connectivity index (χ2n) is 14.0. The largest absolute Gasteiger partial charge is 0.456 e. The maximum atomic E-state index is 6.69. The third-order valence-electron chi connectivity index (χ3n) is 10.9. The zero-order valence-corrected chi connectivity index (χ0v) is 29.8. The zero-order chi connectivity index (χ0) is 36.3. The summed E-state index contributed by atoms with van der Waals surface area (Å²) in [6, 6.07) is 70.9. The van der Waals surface area contributed by atoms with Crippen molar-refractivity contribution in [1.29, 1.82) is 0 Å². The third-order valence-corrected chi connectivity index (χ3v) is 10.9. The molecule has 0 aliphatic carbocycles. The number of para-hydroxylation sites is 4. The standard InChI is InChI=1S/C52H33NO2/c1-2-17-39-35(13-1)14-10-21-40(39)37-16-9-15-36(33-37)34-29-31-38(32-30-34)53(47-25-11-23-44-42-19-4-7-26-48(42)55-52(44)47)46-24-6-3-18-41(46)43-22-12-28-50-51(43)45-20-5-8-27-49(45)54-50/h1-33H. The fourth-order valence-corrected chi connectivity index (χ4v) is 8.36. The van der Waals surface area contributed by atoms with Crippen LogP contribution in [0.3, 0.4) is 0 Å². The minimum absolute atomic E-state index is 0.845. The molecule has 0 saturated carbocycles. The predicted molar refractivity (Wildman–Crippen MR) is 229 cm³/mol. The van der Waals surface area contributed by atoms with Gasteiger partial charge in [0.25, 0.3) is 0 Å². The Morgan fingerprint density at radius 2 is 0.909 bits per heavy atom. The number of hydrogen-bond acceptors (Lipinski definition) is 3. The minimum atomic E-state index is 0.845. The van der Waals surface area contributed by atoms with Crippen molar-refractivity contribution in [3.05, 3.63) is 200 Å². The average molecular weight is 704 g/mol. The van der Waals surface area contributed by atoms with Crippen molar-refractivity contribution in [2.24, 2.45) is 0 Å². The van der Waals surface area contributed by atoms with Gasteiger partial charge in [-0.15, -0.1) is 0 Å². The molecule has 0 amide bonds. The van der Waals surface area contributed by atoms with E-state index in [0.29, 0.717) is 0 Å². The predicted octanol–water partition coefficient (Wildman–Crippen LogP) is 15.1. The maximum Gasteiger partial charge on any atom is 0.159 e. The number of rotatable bonds is 6. The Morgan fingerprint density at radius 3 is 1.80 bits per heavy atom. The average Bonchev–Trinajstić information content (AvgIpc) is 3.83. The van der Waals surface area contributed by atoms with Crippen LogP contribution >= 0.6 is 0 Å². The number of fused-ring (bicyclic) bond motifs is 7. The van der Waals surface area contributed by atoms with E-state index in [1.165, 1.54) is 27.5 Å². The molecule has 0 saturated heterocycles. The van der Waals surface area contributed by atoms with Gasteiger partial charge in [-0.2, -0.15) is 0 Å². The first-order valence-corrected chi connectivity index (χ1v) is 18.7.